The van der Waals surface area contributed by atoms with Gasteiger partial charge in [0.25, 0.3) is 23.6 Å². The van der Waals surface area contributed by atoms with E-state index in [-0.39, 0.29) is 74.0 Å². The van der Waals surface area contributed by atoms with Crippen molar-refractivity contribution in [3.63, 3.8) is 0 Å². The number of imide groups is 1. The third-order valence-corrected chi connectivity index (χ3v) is 15.7. The van der Waals surface area contributed by atoms with Crippen LogP contribution in [0, 0.1) is 17.8 Å². The van der Waals surface area contributed by atoms with Gasteiger partial charge in [0.1, 0.15) is 29.3 Å². The Hall–Kier alpha value is -7.94. The van der Waals surface area contributed by atoms with E-state index in [0.717, 1.165) is 34.3 Å². The van der Waals surface area contributed by atoms with E-state index in [1.807, 2.05) is 59.0 Å². The number of likely N-dealkylation sites (N-methyl/N-ethyl adjacent to an activating group) is 1. The molecule has 4 aromatic carbocycles. The number of carbonyl (C=O) groups is 9. The van der Waals surface area contributed by atoms with Gasteiger partial charge in [-0.3, -0.25) is 43.3 Å². The Kier molecular flexibility index (Phi) is 20.0. The van der Waals surface area contributed by atoms with Gasteiger partial charge in [0.2, 0.25) is 17.7 Å². The molecule has 4 heterocycles. The van der Waals surface area contributed by atoms with Crippen LogP contribution in [-0.2, 0) is 28.8 Å². The fraction of sp³-hybridized carbons (Fsp3) is 0.426. The highest BCUT2D eigenvalue weighted by Crippen LogP contribution is 2.46. The van der Waals surface area contributed by atoms with E-state index in [4.69, 9.17) is 22.1 Å². The lowest BCUT2D eigenvalue weighted by atomic mass is 9.88. The van der Waals surface area contributed by atoms with E-state index < -0.39 is 59.5 Å². The molecule has 8 amide bonds. The summed E-state index contributed by atoms with van der Waals surface area (Å²) in [4.78, 5) is 130. The fourth-order valence-corrected chi connectivity index (χ4v) is 10.9. The third kappa shape index (κ3) is 14.6. The number of nitrogens with one attached hydrogen (secondary N) is 5. The van der Waals surface area contributed by atoms with Crippen LogP contribution in [0.3, 0.4) is 0 Å². The smallest absolute Gasteiger partial charge is 0.409 e. The quantitative estimate of drug-likeness (QED) is 0.0202. The number of Topliss-reactive ketones (excluding diaryl/α,β-unsaturated/α-hetero) is 1. The van der Waals surface area contributed by atoms with Crippen molar-refractivity contribution in [2.24, 2.45) is 23.5 Å². The molecule has 8 rings (SSSR count). The Balaban J connectivity index is 0.889. The Labute approximate surface area is 481 Å². The van der Waals surface area contributed by atoms with Crippen molar-refractivity contribution >= 4 is 104 Å². The van der Waals surface area contributed by atoms with E-state index in [2.05, 4.69) is 31.2 Å². The zero-order valence-electron chi connectivity index (χ0n) is 47.1. The first-order chi connectivity index (χ1) is 39.3. The predicted molar refractivity (Wildman–Crippen MR) is 315 cm³/mol. The number of nitrogens with two attached hydrogens (primary N) is 1. The minimum absolute atomic E-state index is 0.0309. The van der Waals surface area contributed by atoms with Gasteiger partial charge < -0.3 is 51.4 Å². The number of amides is 8. The van der Waals surface area contributed by atoms with Crippen LogP contribution in [-0.4, -0.2) is 144 Å². The average molecular weight is 1140 g/mol. The summed E-state index contributed by atoms with van der Waals surface area (Å²) in [5.41, 5.74) is 9.40. The maximum Gasteiger partial charge on any atom is 0.415 e. The Bertz CT molecular complexity index is 3240. The van der Waals surface area contributed by atoms with Crippen molar-refractivity contribution in [2.45, 2.75) is 90.6 Å². The van der Waals surface area contributed by atoms with Crippen LogP contribution in [0.2, 0.25) is 0 Å². The highest BCUT2D eigenvalue weighted by Gasteiger charge is 2.37. The SMILES string of the molecule is CC(C)C[C@H](NC(=O)C(CC(=O)CCCN1C(=O)C=CC1=O)C(C)C)C(=O)N[C@@H](CCCCN)C(=O)Nc1ccc(C(=O)Nc2ccc3[nH]c(C(=O)N4C[C@@H](CCl)c5c4cc(OC(=O)N4CCN(C)CC4)c4ccccc54)cc3c2)cc1. The summed E-state index contributed by atoms with van der Waals surface area (Å²) in [6, 6.07) is 20.6. The molecule has 4 atom stereocenters. The second-order valence-corrected chi connectivity index (χ2v) is 22.5. The molecule has 0 saturated carbocycles. The van der Waals surface area contributed by atoms with Crippen molar-refractivity contribution in [2.75, 3.05) is 74.3 Å². The molecule has 0 aliphatic carbocycles. The monoisotopic (exact) mass is 1140 g/mol. The van der Waals surface area contributed by atoms with E-state index in [0.29, 0.717) is 84.0 Å². The van der Waals surface area contributed by atoms with Crippen LogP contribution in [0.1, 0.15) is 105 Å². The molecule has 82 heavy (non-hydrogen) atoms. The number of piperazine rings is 1. The number of nitrogens with zero attached hydrogens (tertiary/aromatic N) is 4. The molecule has 1 saturated heterocycles. The number of rotatable bonds is 24. The van der Waals surface area contributed by atoms with Crippen LogP contribution >= 0.6 is 11.6 Å². The molecule has 0 bridgehead atoms. The number of aromatic amines is 1. The number of alkyl halides is 1. The summed E-state index contributed by atoms with van der Waals surface area (Å²) in [5.74, 6) is -3.96. The molecule has 1 unspecified atom stereocenters. The lowest BCUT2D eigenvalue weighted by Gasteiger charge is -2.31. The van der Waals surface area contributed by atoms with Crippen molar-refractivity contribution in [1.29, 1.82) is 0 Å². The normalized spacial score (nSPS) is 16.4. The zero-order valence-corrected chi connectivity index (χ0v) is 47.8. The Morgan fingerprint density at radius 3 is 2.12 bits per heavy atom. The number of benzene rings is 4. The Morgan fingerprint density at radius 2 is 1.45 bits per heavy atom. The summed E-state index contributed by atoms with van der Waals surface area (Å²) in [5, 5.41) is 13.8. The minimum Gasteiger partial charge on any atom is -0.409 e. The molecule has 434 valence electrons. The number of H-pyrrole nitrogens is 1. The van der Waals surface area contributed by atoms with Gasteiger partial charge in [-0.25, -0.2) is 4.79 Å². The van der Waals surface area contributed by atoms with Crippen molar-refractivity contribution in [3.05, 3.63) is 108 Å². The summed E-state index contributed by atoms with van der Waals surface area (Å²) in [6.07, 6.45) is 3.77. The van der Waals surface area contributed by atoms with Gasteiger partial charge in [0.15, 0.2) is 0 Å². The molecule has 5 aromatic rings. The standard InChI is InChI=1S/C61H73ClN10O10/c1-36(2)29-49(68-57(77)46(37(3)4)32-43(73)11-10-24-71-53(74)21-22-54(71)75)59(79)67-48(14-8-9-23-63)58(78)64-41-17-15-38(16-18-41)56(76)65-42-19-20-47-39(30-42)31-50(66-47)60(80)72-35-40(34-62)55-45-13-7-6-12-44(45)52(33-51(55)72)82-61(81)70-27-25-69(5)26-28-70/h6-7,12-13,15-22,30-31,33,36-37,40,46,48-49,66H,8-11,14,23-29,32,34-35,63H2,1-5H3,(H,64,78)(H,65,76)(H,67,79)(H,68,77)/t40-,46?,48+,49+/m1/s1. The average Bonchev–Trinajstić information content (AvgIpc) is 3.98. The molecule has 0 radical (unpaired) electrons. The summed E-state index contributed by atoms with van der Waals surface area (Å²) < 4.78 is 6.06. The first-order valence-electron chi connectivity index (χ1n) is 28.1. The van der Waals surface area contributed by atoms with Crippen LogP contribution in [0.4, 0.5) is 21.9 Å². The van der Waals surface area contributed by atoms with Crippen molar-refractivity contribution in [1.82, 2.24) is 30.3 Å². The molecule has 1 aromatic heterocycles. The lowest BCUT2D eigenvalue weighted by molar-refractivity contribution is -0.137. The molecule has 7 N–H and O–H groups in total. The maximum atomic E-state index is 14.5. The molecule has 3 aliphatic heterocycles. The summed E-state index contributed by atoms with van der Waals surface area (Å²) in [7, 11) is 2.01. The van der Waals surface area contributed by atoms with Crippen molar-refractivity contribution < 1.29 is 47.9 Å². The van der Waals surface area contributed by atoms with Gasteiger partial charge in [-0.05, 0) is 117 Å². The summed E-state index contributed by atoms with van der Waals surface area (Å²) in [6.45, 7) is 10.8. The number of aromatic nitrogens is 1. The highest BCUT2D eigenvalue weighted by atomic mass is 35.5. The number of hydrogen-bond donors (Lipinski definition) is 6. The number of ether oxygens (including phenoxy) is 1. The number of halogens is 1. The topological polar surface area (TPSA) is 266 Å². The van der Waals surface area contributed by atoms with Crippen LogP contribution < -0.4 is 36.6 Å². The molecular weight excluding hydrogens is 1070 g/mol. The van der Waals surface area contributed by atoms with Gasteiger partial charge in [-0.1, -0.05) is 52.0 Å². The summed E-state index contributed by atoms with van der Waals surface area (Å²) >= 11 is 6.57. The third-order valence-electron chi connectivity index (χ3n) is 15.3. The molecule has 0 spiro atoms. The lowest BCUT2D eigenvalue weighted by Crippen LogP contribution is -2.54. The van der Waals surface area contributed by atoms with Crippen LogP contribution in [0.5, 0.6) is 5.75 Å². The number of hydrogen-bond acceptors (Lipinski definition) is 12. The van der Waals surface area contributed by atoms with Gasteiger partial charge in [0.05, 0.1) is 5.69 Å². The van der Waals surface area contributed by atoms with Gasteiger partial charge in [-0.2, -0.15) is 0 Å². The first-order valence-corrected chi connectivity index (χ1v) is 28.7. The largest absolute Gasteiger partial charge is 0.415 e. The zero-order chi connectivity index (χ0) is 58.8. The second-order valence-electron chi connectivity index (χ2n) is 22.2. The number of carbonyl (C=O) groups excluding carboxylic acids is 9. The van der Waals surface area contributed by atoms with Gasteiger partial charge in [-0.15, -0.1) is 11.6 Å². The van der Waals surface area contributed by atoms with Gasteiger partial charge >= 0.3 is 6.09 Å². The number of fused-ring (bicyclic) bond motifs is 4. The molecule has 3 aliphatic rings. The van der Waals surface area contributed by atoms with E-state index in [9.17, 15) is 43.2 Å². The molecule has 20 nitrogen and oxygen atoms in total. The predicted octanol–water partition coefficient (Wildman–Crippen LogP) is 7.32. The maximum absolute atomic E-state index is 14.5. The van der Waals surface area contributed by atoms with Gasteiger partial charge in [0, 0.05) is 121 Å². The Morgan fingerprint density at radius 1 is 0.768 bits per heavy atom. The second kappa shape index (κ2) is 27.2. The number of anilines is 3. The number of ketones is 1. The molecule has 1 fully saturated rings. The van der Waals surface area contributed by atoms with Crippen molar-refractivity contribution in [3.8, 4) is 5.75 Å². The highest BCUT2D eigenvalue weighted by molar-refractivity contribution is 6.19. The van der Waals surface area contributed by atoms with E-state index >= 15 is 0 Å². The van der Waals surface area contributed by atoms with E-state index in [1.165, 1.54) is 12.2 Å². The fourth-order valence-electron chi connectivity index (χ4n) is 10.7. The number of unbranched alkanes of at least 4 members (excludes halogenated alkanes) is 1. The van der Waals surface area contributed by atoms with Crippen LogP contribution in [0.25, 0.3) is 21.7 Å². The molecule has 21 heteroatoms. The van der Waals surface area contributed by atoms with Crippen LogP contribution in [0.15, 0.2) is 91.0 Å². The van der Waals surface area contributed by atoms with E-state index in [1.54, 1.807) is 64.4 Å². The minimum atomic E-state index is -1.02. The first kappa shape index (κ1) is 60.2. The molecular formula is C61H73ClN10O10.